The number of hydrogen-bond donors (Lipinski definition) is 1. The molecule has 23 heavy (non-hydrogen) atoms. The topological polar surface area (TPSA) is 47.6 Å². The van der Waals surface area contributed by atoms with Gasteiger partial charge in [-0.15, -0.1) is 0 Å². The Kier molecular flexibility index (Phi) is 6.69. The molecule has 4 nitrogen and oxygen atoms in total. The van der Waals surface area contributed by atoms with E-state index in [0.717, 1.165) is 21.3 Å². The second-order valence-electron chi connectivity index (χ2n) is 4.74. The summed E-state index contributed by atoms with van der Waals surface area (Å²) in [6.45, 7) is 0.666. The highest BCUT2D eigenvalue weighted by atomic mass is 79.9. The molecule has 0 aliphatic rings. The van der Waals surface area contributed by atoms with Crippen LogP contribution in [-0.4, -0.2) is 19.7 Å². The minimum Gasteiger partial charge on any atom is -0.496 e. The van der Waals surface area contributed by atoms with Gasteiger partial charge in [0.15, 0.2) is 0 Å². The molecule has 0 aliphatic carbocycles. The lowest BCUT2D eigenvalue weighted by molar-refractivity contribution is 0.141. The van der Waals surface area contributed by atoms with Gasteiger partial charge in [0, 0.05) is 6.54 Å². The summed E-state index contributed by atoms with van der Waals surface area (Å²) in [4.78, 5) is 11.6. The van der Waals surface area contributed by atoms with Crippen LogP contribution in [0.1, 0.15) is 11.1 Å². The molecule has 2 aromatic carbocycles. The van der Waals surface area contributed by atoms with E-state index in [1.54, 1.807) is 7.11 Å². The molecule has 0 fully saturated rings. The van der Waals surface area contributed by atoms with Crippen LogP contribution in [0.3, 0.4) is 0 Å². The van der Waals surface area contributed by atoms with Crippen LogP contribution in [0.5, 0.6) is 5.75 Å². The predicted molar refractivity (Wildman–Crippen MR) is 94.4 cm³/mol. The molecule has 2 rings (SSSR count). The van der Waals surface area contributed by atoms with Gasteiger partial charge in [0.05, 0.1) is 11.6 Å². The van der Waals surface area contributed by atoms with Crippen molar-refractivity contribution in [2.24, 2.45) is 0 Å². The maximum Gasteiger partial charge on any atom is 0.407 e. The number of rotatable bonds is 6. The van der Waals surface area contributed by atoms with E-state index in [1.807, 2.05) is 60.7 Å². The van der Waals surface area contributed by atoms with Crippen molar-refractivity contribution in [3.8, 4) is 5.75 Å². The first-order valence-corrected chi connectivity index (χ1v) is 7.93. The van der Waals surface area contributed by atoms with Crippen LogP contribution in [0.15, 0.2) is 59.1 Å². The Labute approximate surface area is 144 Å². The van der Waals surface area contributed by atoms with Crippen molar-refractivity contribution in [1.29, 1.82) is 0 Å². The fourth-order valence-electron chi connectivity index (χ4n) is 1.90. The van der Waals surface area contributed by atoms with E-state index in [9.17, 15) is 4.79 Å². The smallest absolute Gasteiger partial charge is 0.407 e. The zero-order valence-corrected chi connectivity index (χ0v) is 14.4. The van der Waals surface area contributed by atoms with E-state index in [0.29, 0.717) is 6.54 Å². The Morgan fingerprint density at radius 1 is 1.22 bits per heavy atom. The molecule has 1 N–H and O–H groups in total. The third-order valence-corrected chi connectivity index (χ3v) is 3.68. The van der Waals surface area contributed by atoms with Gasteiger partial charge in [-0.1, -0.05) is 48.6 Å². The van der Waals surface area contributed by atoms with Crippen molar-refractivity contribution in [2.45, 2.75) is 6.61 Å². The highest BCUT2D eigenvalue weighted by Gasteiger charge is 2.01. The lowest BCUT2D eigenvalue weighted by atomic mass is 10.2. The minimum absolute atomic E-state index is 0.266. The van der Waals surface area contributed by atoms with E-state index >= 15 is 0 Å². The van der Waals surface area contributed by atoms with E-state index in [2.05, 4.69) is 21.2 Å². The fourth-order valence-corrected chi connectivity index (χ4v) is 2.46. The largest absolute Gasteiger partial charge is 0.496 e. The minimum atomic E-state index is -0.436. The number of carbonyl (C=O) groups is 1. The molecule has 0 radical (unpaired) electrons. The predicted octanol–water partition coefficient (Wildman–Crippen LogP) is 4.40. The van der Waals surface area contributed by atoms with E-state index in [4.69, 9.17) is 9.47 Å². The number of hydrogen-bond acceptors (Lipinski definition) is 3. The maximum atomic E-state index is 11.6. The van der Waals surface area contributed by atoms with Gasteiger partial charge in [-0.05, 0) is 39.2 Å². The fraction of sp³-hybridized carbons (Fsp3) is 0.167. The number of ether oxygens (including phenoxy) is 2. The normalized spacial score (nSPS) is 10.5. The van der Waals surface area contributed by atoms with Gasteiger partial charge in [0.2, 0.25) is 0 Å². The molecule has 1 amide bonds. The molecular formula is C18H18BrNO3. The van der Waals surface area contributed by atoms with Gasteiger partial charge in [-0.3, -0.25) is 0 Å². The average Bonchev–Trinajstić information content (AvgIpc) is 2.58. The number of nitrogens with one attached hydrogen (secondary N) is 1. The summed E-state index contributed by atoms with van der Waals surface area (Å²) in [7, 11) is 1.63. The maximum absolute atomic E-state index is 11.6. The molecule has 0 spiro atoms. The Bertz CT molecular complexity index is 671. The van der Waals surface area contributed by atoms with Crippen molar-refractivity contribution in [3.05, 3.63) is 70.2 Å². The summed E-state index contributed by atoms with van der Waals surface area (Å²) < 4.78 is 11.2. The van der Waals surface area contributed by atoms with Crippen LogP contribution in [0.4, 0.5) is 4.79 Å². The van der Waals surface area contributed by atoms with Gasteiger partial charge in [-0.25, -0.2) is 4.79 Å². The summed E-state index contributed by atoms with van der Waals surface area (Å²) >= 11 is 3.43. The Hall–Kier alpha value is -2.27. The summed E-state index contributed by atoms with van der Waals surface area (Å²) in [6, 6.07) is 15.3. The number of halogens is 1. The molecule has 0 aromatic heterocycles. The molecule has 120 valence electrons. The summed E-state index contributed by atoms with van der Waals surface area (Å²) in [6.07, 6.45) is 3.34. The lowest BCUT2D eigenvalue weighted by Gasteiger charge is -2.05. The third-order valence-electron chi connectivity index (χ3n) is 3.06. The summed E-state index contributed by atoms with van der Waals surface area (Å²) in [5.74, 6) is 0.782. The van der Waals surface area contributed by atoms with Crippen LogP contribution in [0.2, 0.25) is 0 Å². The van der Waals surface area contributed by atoms with Crippen molar-refractivity contribution < 1.29 is 14.3 Å². The van der Waals surface area contributed by atoms with E-state index < -0.39 is 6.09 Å². The van der Waals surface area contributed by atoms with E-state index in [1.165, 1.54) is 0 Å². The lowest BCUT2D eigenvalue weighted by Crippen LogP contribution is -2.24. The number of amides is 1. The van der Waals surface area contributed by atoms with Crippen molar-refractivity contribution in [3.63, 3.8) is 0 Å². The molecule has 0 saturated carbocycles. The second kappa shape index (κ2) is 9.00. The molecule has 0 saturated heterocycles. The molecule has 0 heterocycles. The zero-order chi connectivity index (χ0) is 16.5. The first-order chi connectivity index (χ1) is 11.2. The molecule has 0 unspecified atom stereocenters. The highest BCUT2D eigenvalue weighted by Crippen LogP contribution is 2.25. The number of carbonyl (C=O) groups excluding carboxylic acids is 1. The van der Waals surface area contributed by atoms with Crippen LogP contribution in [-0.2, 0) is 11.3 Å². The summed E-state index contributed by atoms with van der Waals surface area (Å²) in [5.41, 5.74) is 1.97. The van der Waals surface area contributed by atoms with Crippen molar-refractivity contribution in [1.82, 2.24) is 5.32 Å². The monoisotopic (exact) mass is 375 g/mol. The molecule has 0 bridgehead atoms. The van der Waals surface area contributed by atoms with Crippen molar-refractivity contribution in [2.75, 3.05) is 13.7 Å². The summed E-state index contributed by atoms with van der Waals surface area (Å²) in [5, 5.41) is 2.68. The highest BCUT2D eigenvalue weighted by molar-refractivity contribution is 9.10. The van der Waals surface area contributed by atoms with Crippen LogP contribution >= 0.6 is 15.9 Å². The number of benzene rings is 2. The molecular weight excluding hydrogens is 358 g/mol. The Morgan fingerprint density at radius 2 is 2.00 bits per heavy atom. The second-order valence-corrected chi connectivity index (χ2v) is 5.59. The van der Waals surface area contributed by atoms with E-state index in [-0.39, 0.29) is 6.61 Å². The quantitative estimate of drug-likeness (QED) is 0.813. The van der Waals surface area contributed by atoms with Gasteiger partial charge in [0.1, 0.15) is 12.4 Å². The first-order valence-electron chi connectivity index (χ1n) is 7.13. The van der Waals surface area contributed by atoms with Crippen LogP contribution in [0.25, 0.3) is 6.08 Å². The van der Waals surface area contributed by atoms with Gasteiger partial charge in [-0.2, -0.15) is 0 Å². The molecule has 2 aromatic rings. The number of methoxy groups -OCH3 is 1. The van der Waals surface area contributed by atoms with Gasteiger partial charge < -0.3 is 14.8 Å². The molecule has 0 atom stereocenters. The zero-order valence-electron chi connectivity index (χ0n) is 12.8. The van der Waals surface area contributed by atoms with Gasteiger partial charge >= 0.3 is 6.09 Å². The van der Waals surface area contributed by atoms with Crippen LogP contribution < -0.4 is 10.1 Å². The van der Waals surface area contributed by atoms with Crippen molar-refractivity contribution >= 4 is 28.1 Å². The Balaban J connectivity index is 1.73. The van der Waals surface area contributed by atoms with Crippen LogP contribution in [0, 0.1) is 0 Å². The van der Waals surface area contributed by atoms with Gasteiger partial charge in [0.25, 0.3) is 0 Å². The molecule has 5 heteroatoms. The first kappa shape index (κ1) is 17.1. The standard InChI is InChI=1S/C18H18BrNO3/c1-22-17-10-9-14(12-16(17)19)8-5-11-20-18(21)23-13-15-6-3-2-4-7-15/h2-10,12H,11,13H2,1H3,(H,20,21). The molecule has 0 aliphatic heterocycles. The Morgan fingerprint density at radius 3 is 2.70 bits per heavy atom. The number of alkyl carbamates (subject to hydrolysis) is 1. The third kappa shape index (κ3) is 5.79. The SMILES string of the molecule is COc1ccc(C=CCNC(=O)OCc2ccccc2)cc1Br. The average molecular weight is 376 g/mol.